The third kappa shape index (κ3) is 4.76. The molecule has 4 atom stereocenters. The minimum atomic E-state index is -4.79. The Morgan fingerprint density at radius 1 is 1.21 bits per heavy atom. The normalized spacial score (nSPS) is 23.2. The van der Waals surface area contributed by atoms with E-state index in [4.69, 9.17) is 14.5 Å². The van der Waals surface area contributed by atoms with Crippen molar-refractivity contribution in [3.8, 4) is 11.5 Å². The van der Waals surface area contributed by atoms with Crippen LogP contribution in [-0.4, -0.2) is 74.7 Å². The molecule has 3 aromatic rings. The first-order valence-corrected chi connectivity index (χ1v) is 12.0. The summed E-state index contributed by atoms with van der Waals surface area (Å²) >= 11 is 1.80. The number of aliphatic hydroxyl groups excluding tert-OH is 3. The van der Waals surface area contributed by atoms with Crippen molar-refractivity contribution in [3.63, 3.8) is 0 Å². The van der Waals surface area contributed by atoms with Gasteiger partial charge < -0.3 is 35.0 Å². The summed E-state index contributed by atoms with van der Waals surface area (Å²) in [5, 5.41) is 42.8. The number of nitrogens with zero attached hydrogens (tertiary/aromatic N) is 4. The van der Waals surface area contributed by atoms with Crippen molar-refractivity contribution in [1.29, 1.82) is 0 Å². The van der Waals surface area contributed by atoms with Gasteiger partial charge in [-0.05, 0) is 34.7 Å². The molecule has 1 aromatic carbocycles. The molecule has 7 N–H and O–H groups in total. The molecular weight excluding hydrogens is 576 g/mol. The van der Waals surface area contributed by atoms with Gasteiger partial charge in [0.2, 0.25) is 0 Å². The number of phosphoric acid groups is 1. The number of aromatic nitrogens is 4. The van der Waals surface area contributed by atoms with Crippen LogP contribution < -0.4 is 9.84 Å². The van der Waals surface area contributed by atoms with Crippen molar-refractivity contribution in [2.45, 2.75) is 31.1 Å². The standard InChI is InChI=1S/C17H19IN5O9P/c18-11-7(8(25)1-2-9(11)32-33(28,29)30)3-19-15-12-16(21-5-20-15)23(6-22-12)17-14(27)13(26)10(4-24)31-17/h1-2,5-6,10,13-14,17,24-27H,3-4H2,(H,19,20,21)(H2,28,29,30)/t10-,13-,14-,17-/m1/s1. The number of rotatable bonds is 7. The lowest BCUT2D eigenvalue weighted by Crippen LogP contribution is -2.33. The third-order valence-electron chi connectivity index (χ3n) is 4.98. The first-order chi connectivity index (χ1) is 15.6. The zero-order valence-electron chi connectivity index (χ0n) is 16.6. The van der Waals surface area contributed by atoms with Crippen LogP contribution in [0.3, 0.4) is 0 Å². The second kappa shape index (κ2) is 9.27. The molecular formula is C17H19IN5O9P. The number of hydrogen-bond donors (Lipinski definition) is 7. The van der Waals surface area contributed by atoms with Crippen molar-refractivity contribution in [1.82, 2.24) is 19.5 Å². The fourth-order valence-electron chi connectivity index (χ4n) is 3.41. The summed E-state index contributed by atoms with van der Waals surface area (Å²) in [6.07, 6.45) is -2.01. The van der Waals surface area contributed by atoms with Gasteiger partial charge in [0.15, 0.2) is 23.2 Å². The number of phenols is 1. The van der Waals surface area contributed by atoms with Crippen LogP contribution in [0.15, 0.2) is 24.8 Å². The molecule has 3 heterocycles. The summed E-state index contributed by atoms with van der Waals surface area (Å²) in [7, 11) is -4.79. The van der Waals surface area contributed by atoms with Gasteiger partial charge in [-0.15, -0.1) is 0 Å². The number of benzene rings is 1. The van der Waals surface area contributed by atoms with Gasteiger partial charge in [0.05, 0.1) is 16.5 Å². The van der Waals surface area contributed by atoms with E-state index in [0.717, 1.165) is 0 Å². The molecule has 0 radical (unpaired) electrons. The van der Waals surface area contributed by atoms with Gasteiger partial charge in [-0.3, -0.25) is 14.4 Å². The molecule has 0 amide bonds. The molecule has 4 rings (SSSR count). The highest BCUT2D eigenvalue weighted by Crippen LogP contribution is 2.42. The second-order valence-corrected chi connectivity index (χ2v) is 9.33. The summed E-state index contributed by atoms with van der Waals surface area (Å²) in [5.41, 5.74) is 0.878. The second-order valence-electron chi connectivity index (χ2n) is 7.09. The zero-order valence-corrected chi connectivity index (χ0v) is 19.6. The van der Waals surface area contributed by atoms with Crippen LogP contribution in [-0.2, 0) is 15.8 Å². The summed E-state index contributed by atoms with van der Waals surface area (Å²) in [4.78, 5) is 30.7. The fraction of sp³-hybridized carbons (Fsp3) is 0.353. The van der Waals surface area contributed by atoms with E-state index in [1.54, 1.807) is 22.6 Å². The number of ether oxygens (including phenoxy) is 1. The van der Waals surface area contributed by atoms with Crippen molar-refractivity contribution in [3.05, 3.63) is 33.9 Å². The summed E-state index contributed by atoms with van der Waals surface area (Å²) in [6, 6.07) is 2.49. The minimum Gasteiger partial charge on any atom is -0.508 e. The van der Waals surface area contributed by atoms with E-state index < -0.39 is 39.0 Å². The topological polar surface area (TPSA) is 213 Å². The van der Waals surface area contributed by atoms with Gasteiger partial charge in [-0.1, -0.05) is 0 Å². The summed E-state index contributed by atoms with van der Waals surface area (Å²) in [5.74, 6) is 0.0364. The zero-order chi connectivity index (χ0) is 23.9. The number of imidazole rings is 1. The maximum Gasteiger partial charge on any atom is 0.524 e. The van der Waals surface area contributed by atoms with Crippen LogP contribution in [0.5, 0.6) is 11.5 Å². The van der Waals surface area contributed by atoms with Gasteiger partial charge >= 0.3 is 7.82 Å². The largest absolute Gasteiger partial charge is 0.524 e. The highest BCUT2D eigenvalue weighted by atomic mass is 127. The van der Waals surface area contributed by atoms with E-state index in [0.29, 0.717) is 11.1 Å². The van der Waals surface area contributed by atoms with Gasteiger partial charge in [0.1, 0.15) is 36.1 Å². The van der Waals surface area contributed by atoms with Crippen LogP contribution in [0, 0.1) is 3.57 Å². The lowest BCUT2D eigenvalue weighted by atomic mass is 10.1. The number of aliphatic hydroxyl groups is 3. The molecule has 0 spiro atoms. The Bertz CT molecular complexity index is 1220. The maximum atomic E-state index is 11.2. The minimum absolute atomic E-state index is 0.00467. The molecule has 0 unspecified atom stereocenters. The first kappa shape index (κ1) is 24.0. The Morgan fingerprint density at radius 2 is 1.97 bits per heavy atom. The number of fused-ring (bicyclic) bond motifs is 1. The number of anilines is 1. The van der Waals surface area contributed by atoms with Crippen LogP contribution in [0.25, 0.3) is 11.2 Å². The van der Waals surface area contributed by atoms with E-state index in [-0.39, 0.29) is 33.1 Å². The molecule has 0 saturated carbocycles. The molecule has 1 saturated heterocycles. The third-order valence-corrected chi connectivity index (χ3v) is 6.60. The predicted molar refractivity (Wildman–Crippen MR) is 119 cm³/mol. The molecule has 16 heteroatoms. The smallest absolute Gasteiger partial charge is 0.508 e. The summed E-state index contributed by atoms with van der Waals surface area (Å²) in [6.45, 7) is -0.481. The summed E-state index contributed by atoms with van der Waals surface area (Å²) < 4.78 is 23.0. The molecule has 33 heavy (non-hydrogen) atoms. The van der Waals surface area contributed by atoms with E-state index in [1.807, 2.05) is 0 Å². The Labute approximate surface area is 199 Å². The molecule has 2 aromatic heterocycles. The molecule has 1 aliphatic heterocycles. The van der Waals surface area contributed by atoms with Gasteiger partial charge in [-0.25, -0.2) is 19.5 Å². The molecule has 178 valence electrons. The Hall–Kier alpha value is -2.11. The first-order valence-electron chi connectivity index (χ1n) is 9.40. The highest BCUT2D eigenvalue weighted by molar-refractivity contribution is 14.1. The van der Waals surface area contributed by atoms with E-state index in [1.165, 1.54) is 29.4 Å². The number of aromatic hydroxyl groups is 1. The van der Waals surface area contributed by atoms with Gasteiger partial charge in [-0.2, -0.15) is 0 Å². The lowest BCUT2D eigenvalue weighted by molar-refractivity contribution is -0.0511. The van der Waals surface area contributed by atoms with Crippen LogP contribution in [0.4, 0.5) is 5.82 Å². The Morgan fingerprint density at radius 3 is 2.64 bits per heavy atom. The average Bonchev–Trinajstić information content (AvgIpc) is 3.31. The Kier molecular flexibility index (Phi) is 6.75. The highest BCUT2D eigenvalue weighted by Gasteiger charge is 2.44. The molecule has 0 bridgehead atoms. The van der Waals surface area contributed by atoms with Crippen LogP contribution in [0.2, 0.25) is 0 Å². The number of phosphoric ester groups is 1. The number of halogens is 1. The van der Waals surface area contributed by atoms with E-state index in [2.05, 4.69) is 24.8 Å². The monoisotopic (exact) mass is 595 g/mol. The molecule has 1 fully saturated rings. The van der Waals surface area contributed by atoms with Crippen molar-refractivity contribution in [2.24, 2.45) is 0 Å². The molecule has 1 aliphatic rings. The lowest BCUT2D eigenvalue weighted by Gasteiger charge is -2.16. The maximum absolute atomic E-state index is 11.2. The van der Waals surface area contributed by atoms with Crippen molar-refractivity contribution in [2.75, 3.05) is 11.9 Å². The quantitative estimate of drug-likeness (QED) is 0.140. The van der Waals surface area contributed by atoms with E-state index >= 15 is 0 Å². The van der Waals surface area contributed by atoms with Crippen molar-refractivity contribution < 1.29 is 44.0 Å². The van der Waals surface area contributed by atoms with Gasteiger partial charge in [0.25, 0.3) is 0 Å². The average molecular weight is 595 g/mol. The van der Waals surface area contributed by atoms with Crippen LogP contribution >= 0.6 is 30.4 Å². The SMILES string of the molecule is O=P(O)(O)Oc1ccc(O)c(CNc2ncnc3c2ncn3[C@@H]2O[C@H](CO)[C@@H](O)[C@H]2O)c1I. The number of hydrogen-bond acceptors (Lipinski definition) is 11. The predicted octanol–water partition coefficient (Wildman–Crippen LogP) is -0.168. The fourth-order valence-corrected chi connectivity index (χ4v) is 4.75. The Balaban J connectivity index is 1.60. The van der Waals surface area contributed by atoms with E-state index in [9.17, 15) is 25.0 Å². The number of nitrogens with one attached hydrogen (secondary N) is 1. The molecule has 0 aliphatic carbocycles. The number of phenolic OH excluding ortho intramolecular Hbond substituents is 1. The van der Waals surface area contributed by atoms with Crippen LogP contribution in [0.1, 0.15) is 11.8 Å². The molecule has 14 nitrogen and oxygen atoms in total. The van der Waals surface area contributed by atoms with Gasteiger partial charge in [0, 0.05) is 12.1 Å². The van der Waals surface area contributed by atoms with Crippen molar-refractivity contribution >= 4 is 47.4 Å².